The minimum atomic E-state index is 0.511. The van der Waals surface area contributed by atoms with Crippen molar-refractivity contribution >= 4 is 23.0 Å². The number of nitrogens with one attached hydrogen (secondary N) is 1. The van der Waals surface area contributed by atoms with Crippen LogP contribution in [0.4, 0.5) is 11.6 Å². The first-order valence-electron chi connectivity index (χ1n) is 6.77. The van der Waals surface area contributed by atoms with E-state index in [1.54, 1.807) is 11.3 Å². The Balaban J connectivity index is 1.92. The van der Waals surface area contributed by atoms with Crippen molar-refractivity contribution in [2.45, 2.75) is 32.2 Å². The molecule has 0 unspecified atom stereocenters. The van der Waals surface area contributed by atoms with Crippen molar-refractivity contribution in [3.05, 3.63) is 33.8 Å². The number of aromatic nitrogens is 2. The summed E-state index contributed by atoms with van der Waals surface area (Å²) >= 11 is 1.76. The molecule has 0 amide bonds. The highest BCUT2D eigenvalue weighted by atomic mass is 32.1. The van der Waals surface area contributed by atoms with Gasteiger partial charge in [0.1, 0.15) is 17.5 Å². The lowest BCUT2D eigenvalue weighted by molar-refractivity contribution is 0.851. The molecule has 3 N–H and O–H groups in total. The summed E-state index contributed by atoms with van der Waals surface area (Å²) in [6.45, 7) is 2.86. The molecule has 20 heavy (non-hydrogen) atoms. The Morgan fingerprint density at radius 1 is 1.45 bits per heavy atom. The summed E-state index contributed by atoms with van der Waals surface area (Å²) in [5.74, 6) is 8.71. The van der Waals surface area contributed by atoms with Crippen molar-refractivity contribution in [2.75, 3.05) is 17.4 Å². The van der Waals surface area contributed by atoms with Crippen molar-refractivity contribution in [2.24, 2.45) is 5.84 Å². The lowest BCUT2D eigenvalue weighted by atomic mass is 10.2. The lowest BCUT2D eigenvalue weighted by Crippen LogP contribution is -2.21. The van der Waals surface area contributed by atoms with Gasteiger partial charge in [-0.05, 0) is 31.2 Å². The smallest absolute Gasteiger partial charge is 0.148 e. The first-order valence-corrected chi connectivity index (χ1v) is 7.65. The van der Waals surface area contributed by atoms with Crippen LogP contribution in [0.15, 0.2) is 17.5 Å². The Morgan fingerprint density at radius 2 is 2.25 bits per heavy atom. The molecule has 0 radical (unpaired) electrons. The molecule has 3 rings (SSSR count). The highest BCUT2D eigenvalue weighted by molar-refractivity contribution is 7.09. The Morgan fingerprint density at radius 3 is 2.85 bits per heavy atom. The highest BCUT2D eigenvalue weighted by Crippen LogP contribution is 2.40. The molecule has 2 aromatic rings. The predicted molar refractivity (Wildman–Crippen MR) is 83.0 cm³/mol. The van der Waals surface area contributed by atoms with Gasteiger partial charge in [0.15, 0.2) is 0 Å². The van der Waals surface area contributed by atoms with Gasteiger partial charge >= 0.3 is 0 Å². The first-order chi connectivity index (χ1) is 9.69. The van der Waals surface area contributed by atoms with Gasteiger partial charge in [0.25, 0.3) is 0 Å². The maximum Gasteiger partial charge on any atom is 0.148 e. The van der Waals surface area contributed by atoms with E-state index in [4.69, 9.17) is 10.8 Å². The second kappa shape index (κ2) is 5.38. The summed E-state index contributed by atoms with van der Waals surface area (Å²) in [6.07, 6.45) is 2.36. The topological polar surface area (TPSA) is 67.1 Å². The van der Waals surface area contributed by atoms with E-state index in [9.17, 15) is 0 Å². The lowest BCUT2D eigenvalue weighted by Gasteiger charge is -2.21. The number of thiophene rings is 1. The van der Waals surface area contributed by atoms with Crippen LogP contribution in [-0.4, -0.2) is 17.0 Å². The normalized spacial score (nSPS) is 14.3. The molecule has 6 heteroatoms. The van der Waals surface area contributed by atoms with Crippen molar-refractivity contribution < 1.29 is 0 Å². The first kappa shape index (κ1) is 13.3. The van der Waals surface area contributed by atoms with Crippen LogP contribution in [0.25, 0.3) is 0 Å². The zero-order valence-corrected chi connectivity index (χ0v) is 12.6. The van der Waals surface area contributed by atoms with Crippen LogP contribution in [-0.2, 0) is 6.54 Å². The Hall–Kier alpha value is -1.66. The van der Waals surface area contributed by atoms with Gasteiger partial charge in [-0.3, -0.25) is 0 Å². The Kier molecular flexibility index (Phi) is 3.58. The molecule has 1 aliphatic rings. The molecule has 5 nitrogen and oxygen atoms in total. The average molecular weight is 289 g/mol. The van der Waals surface area contributed by atoms with Crippen molar-refractivity contribution in [3.63, 3.8) is 0 Å². The Bertz CT molecular complexity index is 592. The number of anilines is 2. The van der Waals surface area contributed by atoms with Gasteiger partial charge in [-0.25, -0.2) is 15.8 Å². The summed E-state index contributed by atoms with van der Waals surface area (Å²) in [5.41, 5.74) is 3.69. The van der Waals surface area contributed by atoms with Crippen molar-refractivity contribution in [3.8, 4) is 0 Å². The number of nitrogens with zero attached hydrogens (tertiary/aromatic N) is 3. The molecule has 1 saturated carbocycles. The number of nitrogens with two attached hydrogens (primary N) is 1. The molecular weight excluding hydrogens is 270 g/mol. The van der Waals surface area contributed by atoms with Gasteiger partial charge in [-0.15, -0.1) is 11.3 Å². The predicted octanol–water partition coefficient (Wildman–Crippen LogP) is 2.65. The third-order valence-corrected chi connectivity index (χ3v) is 4.41. The van der Waals surface area contributed by atoms with Gasteiger partial charge < -0.3 is 10.3 Å². The molecule has 0 bridgehead atoms. The molecule has 0 aromatic carbocycles. The minimum Gasteiger partial charge on any atom is -0.354 e. The molecule has 2 aromatic heterocycles. The SMILES string of the molecule is Cc1c(NN)nc(C2CC2)nc1N(C)Cc1cccs1. The molecule has 0 atom stereocenters. The number of hydrogen-bond acceptors (Lipinski definition) is 6. The van der Waals surface area contributed by atoms with E-state index in [1.807, 2.05) is 6.92 Å². The number of hydrazine groups is 1. The molecule has 2 heterocycles. The van der Waals surface area contributed by atoms with Crippen LogP contribution in [0.5, 0.6) is 0 Å². The van der Waals surface area contributed by atoms with Crippen LogP contribution in [0.2, 0.25) is 0 Å². The zero-order chi connectivity index (χ0) is 14.1. The van der Waals surface area contributed by atoms with E-state index >= 15 is 0 Å². The zero-order valence-electron chi connectivity index (χ0n) is 11.8. The molecule has 106 valence electrons. The standard InChI is InChI=1S/C14H19N5S/c1-9-12(18-15)16-13(10-5-6-10)17-14(9)19(2)8-11-4-3-7-20-11/h3-4,7,10H,5-6,8,15H2,1-2H3,(H,16,17,18). The van der Waals surface area contributed by atoms with Gasteiger partial charge in [0.05, 0.1) is 6.54 Å². The summed E-state index contributed by atoms with van der Waals surface area (Å²) in [6, 6.07) is 4.21. The second-order valence-corrected chi connectivity index (χ2v) is 6.27. The van der Waals surface area contributed by atoms with Gasteiger partial charge in [0.2, 0.25) is 0 Å². The third kappa shape index (κ3) is 2.62. The number of hydrogen-bond donors (Lipinski definition) is 2. The molecule has 1 aliphatic carbocycles. The van der Waals surface area contributed by atoms with Crippen LogP contribution in [0, 0.1) is 6.92 Å². The van der Waals surface area contributed by atoms with Crippen molar-refractivity contribution in [1.29, 1.82) is 0 Å². The summed E-state index contributed by atoms with van der Waals surface area (Å²) in [4.78, 5) is 12.8. The van der Waals surface area contributed by atoms with E-state index in [2.05, 4.69) is 39.9 Å². The number of rotatable bonds is 5. The molecule has 0 saturated heterocycles. The minimum absolute atomic E-state index is 0.511. The van der Waals surface area contributed by atoms with E-state index < -0.39 is 0 Å². The van der Waals surface area contributed by atoms with Crippen LogP contribution in [0.3, 0.4) is 0 Å². The molecular formula is C14H19N5S. The molecule has 0 aliphatic heterocycles. The average Bonchev–Trinajstić information content (AvgIpc) is 3.17. The fourth-order valence-electron chi connectivity index (χ4n) is 2.27. The molecule has 1 fully saturated rings. The van der Waals surface area contributed by atoms with Crippen LogP contribution < -0.4 is 16.2 Å². The van der Waals surface area contributed by atoms with E-state index in [0.717, 1.165) is 29.6 Å². The monoisotopic (exact) mass is 289 g/mol. The van der Waals surface area contributed by atoms with E-state index in [1.165, 1.54) is 17.7 Å². The maximum absolute atomic E-state index is 5.59. The third-order valence-electron chi connectivity index (χ3n) is 3.55. The van der Waals surface area contributed by atoms with Crippen molar-refractivity contribution in [1.82, 2.24) is 9.97 Å². The highest BCUT2D eigenvalue weighted by Gasteiger charge is 2.28. The summed E-state index contributed by atoms with van der Waals surface area (Å²) in [5, 5.41) is 2.10. The van der Waals surface area contributed by atoms with Gasteiger partial charge in [-0.1, -0.05) is 6.07 Å². The quantitative estimate of drug-likeness (QED) is 0.654. The fraction of sp³-hybridized carbons (Fsp3) is 0.429. The van der Waals surface area contributed by atoms with Crippen LogP contribution >= 0.6 is 11.3 Å². The fourth-order valence-corrected chi connectivity index (χ4v) is 3.03. The largest absolute Gasteiger partial charge is 0.354 e. The van der Waals surface area contributed by atoms with Gasteiger partial charge in [0, 0.05) is 23.4 Å². The Labute approximate surface area is 122 Å². The summed E-state index contributed by atoms with van der Waals surface area (Å²) in [7, 11) is 2.06. The summed E-state index contributed by atoms with van der Waals surface area (Å²) < 4.78 is 0. The van der Waals surface area contributed by atoms with E-state index in [0.29, 0.717) is 5.92 Å². The second-order valence-electron chi connectivity index (χ2n) is 5.23. The van der Waals surface area contributed by atoms with E-state index in [-0.39, 0.29) is 0 Å². The van der Waals surface area contributed by atoms with Gasteiger partial charge in [-0.2, -0.15) is 0 Å². The maximum atomic E-state index is 5.59. The molecule has 0 spiro atoms. The van der Waals surface area contributed by atoms with Crippen LogP contribution in [0.1, 0.15) is 35.0 Å². The number of nitrogen functional groups attached to an aromatic ring is 1.